The lowest BCUT2D eigenvalue weighted by atomic mass is 10.2. The Hall–Kier alpha value is -1.08. The predicted molar refractivity (Wildman–Crippen MR) is 51.2 cm³/mol. The Labute approximate surface area is 76.7 Å². The van der Waals surface area contributed by atoms with E-state index in [2.05, 4.69) is 0 Å². The molecule has 0 amide bonds. The van der Waals surface area contributed by atoms with E-state index in [-0.39, 0.29) is 0 Å². The highest BCUT2D eigenvalue weighted by Gasteiger charge is 1.86. The zero-order valence-corrected chi connectivity index (χ0v) is 7.29. The SMILES string of the molecule is O=CC/C=C\c1ccc(Cl)cc1. The van der Waals surface area contributed by atoms with Crippen LogP contribution in [-0.4, -0.2) is 6.29 Å². The third-order valence-electron chi connectivity index (χ3n) is 1.41. The van der Waals surface area contributed by atoms with Gasteiger partial charge in [0.15, 0.2) is 0 Å². The number of allylic oxidation sites excluding steroid dienone is 1. The summed E-state index contributed by atoms with van der Waals surface area (Å²) in [6, 6.07) is 7.46. The summed E-state index contributed by atoms with van der Waals surface area (Å²) in [5.74, 6) is 0. The van der Waals surface area contributed by atoms with Gasteiger partial charge < -0.3 is 4.79 Å². The first-order valence-corrected chi connectivity index (χ1v) is 4.06. The number of carbonyl (C=O) groups is 1. The predicted octanol–water partition coefficient (Wildman–Crippen LogP) is 2.94. The van der Waals surface area contributed by atoms with Crippen LogP contribution in [0.1, 0.15) is 12.0 Å². The number of carbonyl (C=O) groups excluding carboxylic acids is 1. The number of halogens is 1. The summed E-state index contributed by atoms with van der Waals surface area (Å²) in [7, 11) is 0. The molecule has 0 saturated heterocycles. The molecule has 0 heterocycles. The number of hydrogen-bond acceptors (Lipinski definition) is 1. The molecule has 1 rings (SSSR count). The van der Waals surface area contributed by atoms with Crippen molar-refractivity contribution in [2.24, 2.45) is 0 Å². The molecule has 1 nitrogen and oxygen atoms in total. The van der Waals surface area contributed by atoms with E-state index in [0.29, 0.717) is 6.42 Å². The normalized spacial score (nSPS) is 10.4. The van der Waals surface area contributed by atoms with E-state index in [1.807, 2.05) is 36.4 Å². The first-order valence-electron chi connectivity index (χ1n) is 3.68. The van der Waals surface area contributed by atoms with Crippen molar-refractivity contribution in [2.45, 2.75) is 6.42 Å². The summed E-state index contributed by atoms with van der Waals surface area (Å²) in [5, 5.41) is 0.725. The van der Waals surface area contributed by atoms with Gasteiger partial charge in [-0.2, -0.15) is 0 Å². The Balaban J connectivity index is 2.64. The fourth-order valence-electron chi connectivity index (χ4n) is 0.834. The second-order valence-corrected chi connectivity index (χ2v) is 2.79. The van der Waals surface area contributed by atoms with E-state index in [0.717, 1.165) is 16.9 Å². The molecule has 0 atom stereocenters. The maximum Gasteiger partial charge on any atom is 0.123 e. The van der Waals surface area contributed by atoms with Gasteiger partial charge in [-0.15, -0.1) is 0 Å². The molecular formula is C10H9ClO. The van der Waals surface area contributed by atoms with Crippen LogP contribution < -0.4 is 0 Å². The van der Waals surface area contributed by atoms with E-state index in [1.54, 1.807) is 0 Å². The van der Waals surface area contributed by atoms with Crippen molar-refractivity contribution in [3.8, 4) is 0 Å². The number of rotatable bonds is 3. The number of benzene rings is 1. The van der Waals surface area contributed by atoms with Crippen LogP contribution in [0.4, 0.5) is 0 Å². The molecule has 0 aliphatic carbocycles. The highest BCUT2D eigenvalue weighted by atomic mass is 35.5. The van der Waals surface area contributed by atoms with E-state index in [4.69, 9.17) is 11.6 Å². The molecule has 0 radical (unpaired) electrons. The van der Waals surface area contributed by atoms with Gasteiger partial charge in [0.25, 0.3) is 0 Å². The quantitative estimate of drug-likeness (QED) is 0.654. The van der Waals surface area contributed by atoms with Gasteiger partial charge in [-0.3, -0.25) is 0 Å². The minimum Gasteiger partial charge on any atom is -0.303 e. The number of aldehydes is 1. The molecule has 0 aliphatic heterocycles. The van der Waals surface area contributed by atoms with E-state index < -0.39 is 0 Å². The zero-order valence-electron chi connectivity index (χ0n) is 6.53. The van der Waals surface area contributed by atoms with Gasteiger partial charge in [-0.05, 0) is 17.7 Å². The summed E-state index contributed by atoms with van der Waals surface area (Å²) in [6.07, 6.45) is 5.04. The van der Waals surface area contributed by atoms with Crippen molar-refractivity contribution < 1.29 is 4.79 Å². The van der Waals surface area contributed by atoms with Crippen molar-refractivity contribution >= 4 is 24.0 Å². The molecule has 0 aromatic heterocycles. The largest absolute Gasteiger partial charge is 0.303 e. The first-order chi connectivity index (χ1) is 5.83. The molecule has 0 saturated carbocycles. The Morgan fingerprint density at radius 2 is 1.92 bits per heavy atom. The lowest BCUT2D eigenvalue weighted by molar-refractivity contribution is -0.107. The third-order valence-corrected chi connectivity index (χ3v) is 1.66. The molecule has 1 aromatic rings. The standard InChI is InChI=1S/C10H9ClO/c11-10-6-4-9(5-7-10)3-1-2-8-12/h1,3-8H,2H2/b3-1-. The van der Waals surface area contributed by atoms with Crippen molar-refractivity contribution in [3.05, 3.63) is 40.9 Å². The Morgan fingerprint density at radius 3 is 2.50 bits per heavy atom. The molecule has 0 aliphatic rings. The lowest BCUT2D eigenvalue weighted by Crippen LogP contribution is -1.71. The molecule has 0 N–H and O–H groups in total. The summed E-state index contributed by atoms with van der Waals surface area (Å²) >= 11 is 5.69. The highest BCUT2D eigenvalue weighted by Crippen LogP contribution is 2.10. The minimum atomic E-state index is 0.461. The minimum absolute atomic E-state index is 0.461. The second kappa shape index (κ2) is 4.73. The molecule has 0 bridgehead atoms. The first kappa shape index (κ1) is 9.01. The second-order valence-electron chi connectivity index (χ2n) is 2.36. The maximum absolute atomic E-state index is 9.98. The molecular weight excluding hydrogens is 172 g/mol. The molecule has 12 heavy (non-hydrogen) atoms. The number of hydrogen-bond donors (Lipinski definition) is 0. The average molecular weight is 181 g/mol. The van der Waals surface area contributed by atoms with Crippen LogP contribution in [0.2, 0.25) is 5.02 Å². The van der Waals surface area contributed by atoms with Gasteiger partial charge in [-0.25, -0.2) is 0 Å². The van der Waals surface area contributed by atoms with Crippen LogP contribution in [0, 0.1) is 0 Å². The van der Waals surface area contributed by atoms with E-state index >= 15 is 0 Å². The van der Waals surface area contributed by atoms with Crippen molar-refractivity contribution in [3.63, 3.8) is 0 Å². The summed E-state index contributed by atoms with van der Waals surface area (Å²) in [5.41, 5.74) is 1.06. The van der Waals surface area contributed by atoms with Crippen LogP contribution in [0.3, 0.4) is 0 Å². The average Bonchev–Trinajstić information content (AvgIpc) is 2.09. The van der Waals surface area contributed by atoms with E-state index in [9.17, 15) is 4.79 Å². The topological polar surface area (TPSA) is 17.1 Å². The molecule has 1 aromatic carbocycles. The zero-order chi connectivity index (χ0) is 8.81. The van der Waals surface area contributed by atoms with Gasteiger partial charge in [0, 0.05) is 11.4 Å². The fraction of sp³-hybridized carbons (Fsp3) is 0.100. The van der Waals surface area contributed by atoms with Crippen LogP contribution in [0.5, 0.6) is 0 Å². The van der Waals surface area contributed by atoms with Crippen LogP contribution in [0.15, 0.2) is 30.3 Å². The lowest BCUT2D eigenvalue weighted by Gasteiger charge is -1.91. The Bertz CT molecular complexity index is 274. The van der Waals surface area contributed by atoms with Crippen molar-refractivity contribution in [1.29, 1.82) is 0 Å². The van der Waals surface area contributed by atoms with Gasteiger partial charge >= 0.3 is 0 Å². The molecule has 0 unspecified atom stereocenters. The molecule has 2 heteroatoms. The molecule has 0 fully saturated rings. The molecule has 62 valence electrons. The van der Waals surface area contributed by atoms with Crippen LogP contribution in [-0.2, 0) is 4.79 Å². The van der Waals surface area contributed by atoms with Gasteiger partial charge in [-0.1, -0.05) is 35.9 Å². The smallest absolute Gasteiger partial charge is 0.123 e. The fourth-order valence-corrected chi connectivity index (χ4v) is 0.960. The maximum atomic E-state index is 9.98. The molecule has 0 spiro atoms. The van der Waals surface area contributed by atoms with Crippen LogP contribution >= 0.6 is 11.6 Å². The Morgan fingerprint density at radius 1 is 1.25 bits per heavy atom. The monoisotopic (exact) mass is 180 g/mol. The summed E-state index contributed by atoms with van der Waals surface area (Å²) in [4.78, 5) is 9.98. The van der Waals surface area contributed by atoms with E-state index in [1.165, 1.54) is 0 Å². The van der Waals surface area contributed by atoms with Gasteiger partial charge in [0.1, 0.15) is 6.29 Å². The van der Waals surface area contributed by atoms with Crippen molar-refractivity contribution in [1.82, 2.24) is 0 Å². The summed E-state index contributed by atoms with van der Waals surface area (Å²) in [6.45, 7) is 0. The van der Waals surface area contributed by atoms with Crippen molar-refractivity contribution in [2.75, 3.05) is 0 Å². The van der Waals surface area contributed by atoms with Gasteiger partial charge in [0.2, 0.25) is 0 Å². The van der Waals surface area contributed by atoms with Crippen LogP contribution in [0.25, 0.3) is 6.08 Å². The highest BCUT2D eigenvalue weighted by molar-refractivity contribution is 6.30. The van der Waals surface area contributed by atoms with Gasteiger partial charge in [0.05, 0.1) is 0 Å². The third kappa shape index (κ3) is 2.89. The Kier molecular flexibility index (Phi) is 3.55. The summed E-state index contributed by atoms with van der Waals surface area (Å²) < 4.78 is 0.